The fourth-order valence-electron chi connectivity index (χ4n) is 8.05. The zero-order chi connectivity index (χ0) is 33.7. The maximum absolute atomic E-state index is 2.49. The Labute approximate surface area is 294 Å². The standard InChI is InChI=1S/C49H37N/c1-49(2)43-25-11-8-23-42(43)48-41(24-15-26-44(48)49)40-22-10-13-28-47(40)50(46-29-14-19-36-18-6-7-20-38(36)46)45-27-12-9-21-39(45)37-32-30-35(31-33-37)34-16-4-3-5-17-34/h3-33H,1-2H3. The lowest BCUT2D eigenvalue weighted by molar-refractivity contribution is 0.660. The van der Waals surface area contributed by atoms with Crippen LogP contribution in [0.1, 0.15) is 25.0 Å². The van der Waals surface area contributed by atoms with Crippen molar-refractivity contribution in [2.24, 2.45) is 0 Å². The third kappa shape index (κ3) is 4.85. The van der Waals surface area contributed by atoms with E-state index >= 15 is 0 Å². The van der Waals surface area contributed by atoms with Crippen molar-refractivity contribution in [3.63, 3.8) is 0 Å². The van der Waals surface area contributed by atoms with Crippen LogP contribution in [0.2, 0.25) is 0 Å². The summed E-state index contributed by atoms with van der Waals surface area (Å²) < 4.78 is 0. The van der Waals surface area contributed by atoms with Gasteiger partial charge in [0.05, 0.1) is 17.1 Å². The topological polar surface area (TPSA) is 3.24 Å². The number of fused-ring (bicyclic) bond motifs is 4. The molecule has 0 aliphatic heterocycles. The monoisotopic (exact) mass is 639 g/mol. The van der Waals surface area contributed by atoms with E-state index in [0.717, 1.165) is 17.1 Å². The molecule has 8 aromatic rings. The van der Waals surface area contributed by atoms with Crippen LogP contribution in [0.25, 0.3) is 55.3 Å². The minimum atomic E-state index is -0.0787. The van der Waals surface area contributed by atoms with Crippen molar-refractivity contribution >= 4 is 27.8 Å². The summed E-state index contributed by atoms with van der Waals surface area (Å²) in [6.07, 6.45) is 0. The summed E-state index contributed by atoms with van der Waals surface area (Å²) in [7, 11) is 0. The van der Waals surface area contributed by atoms with E-state index in [1.807, 2.05) is 0 Å². The molecule has 0 atom stereocenters. The van der Waals surface area contributed by atoms with Gasteiger partial charge in [0, 0.05) is 21.9 Å². The molecule has 0 fully saturated rings. The van der Waals surface area contributed by atoms with Gasteiger partial charge in [0.15, 0.2) is 0 Å². The van der Waals surface area contributed by atoms with Crippen molar-refractivity contribution in [2.45, 2.75) is 19.3 Å². The molecule has 0 heterocycles. The van der Waals surface area contributed by atoms with Gasteiger partial charge in [-0.25, -0.2) is 0 Å². The minimum Gasteiger partial charge on any atom is -0.309 e. The molecule has 0 aromatic heterocycles. The van der Waals surface area contributed by atoms with Crippen molar-refractivity contribution in [1.29, 1.82) is 0 Å². The van der Waals surface area contributed by atoms with Crippen molar-refractivity contribution in [3.05, 3.63) is 199 Å². The molecule has 8 aromatic carbocycles. The maximum Gasteiger partial charge on any atom is 0.0540 e. The molecule has 1 heteroatoms. The lowest BCUT2D eigenvalue weighted by Crippen LogP contribution is -2.15. The van der Waals surface area contributed by atoms with Gasteiger partial charge in [-0.05, 0) is 68.1 Å². The fraction of sp³-hybridized carbons (Fsp3) is 0.0612. The molecule has 0 bridgehead atoms. The Morgan fingerprint density at radius 2 is 0.840 bits per heavy atom. The van der Waals surface area contributed by atoms with Gasteiger partial charge in [-0.15, -0.1) is 0 Å². The van der Waals surface area contributed by atoms with Crippen molar-refractivity contribution in [3.8, 4) is 44.5 Å². The Bertz CT molecular complexity index is 2500. The predicted octanol–water partition coefficient (Wildman–Crippen LogP) is 13.6. The molecule has 0 saturated carbocycles. The summed E-state index contributed by atoms with van der Waals surface area (Å²) in [6, 6.07) is 68.6. The molecule has 1 aliphatic carbocycles. The summed E-state index contributed by atoms with van der Waals surface area (Å²) in [4.78, 5) is 2.49. The first-order valence-corrected chi connectivity index (χ1v) is 17.5. The number of rotatable bonds is 6. The van der Waals surface area contributed by atoms with Crippen molar-refractivity contribution < 1.29 is 0 Å². The van der Waals surface area contributed by atoms with E-state index in [4.69, 9.17) is 0 Å². The normalized spacial score (nSPS) is 12.8. The molecule has 0 N–H and O–H groups in total. The smallest absolute Gasteiger partial charge is 0.0540 e. The summed E-state index contributed by atoms with van der Waals surface area (Å²) in [5, 5.41) is 2.43. The molecule has 0 unspecified atom stereocenters. The van der Waals surface area contributed by atoms with Crippen LogP contribution in [0, 0.1) is 0 Å². The van der Waals surface area contributed by atoms with Gasteiger partial charge >= 0.3 is 0 Å². The van der Waals surface area contributed by atoms with E-state index in [0.29, 0.717) is 0 Å². The third-order valence-corrected chi connectivity index (χ3v) is 10.5. The number of hydrogen-bond acceptors (Lipinski definition) is 1. The van der Waals surface area contributed by atoms with Crippen LogP contribution in [-0.4, -0.2) is 0 Å². The summed E-state index contributed by atoms with van der Waals surface area (Å²) in [5.41, 5.74) is 16.0. The number of hydrogen-bond donors (Lipinski definition) is 0. The van der Waals surface area contributed by atoms with Gasteiger partial charge in [0.25, 0.3) is 0 Å². The Kier molecular flexibility index (Phi) is 7.21. The number of nitrogens with zero attached hydrogens (tertiary/aromatic N) is 1. The van der Waals surface area contributed by atoms with Crippen molar-refractivity contribution in [1.82, 2.24) is 0 Å². The molecular formula is C49H37N. The molecule has 9 rings (SSSR count). The molecule has 50 heavy (non-hydrogen) atoms. The average molecular weight is 640 g/mol. The Hall–Kier alpha value is -6.18. The van der Waals surface area contributed by atoms with E-state index in [1.165, 1.54) is 66.4 Å². The molecule has 238 valence electrons. The van der Waals surface area contributed by atoms with E-state index in [2.05, 4.69) is 207 Å². The van der Waals surface area contributed by atoms with Gasteiger partial charge in [-0.3, -0.25) is 0 Å². The molecule has 0 saturated heterocycles. The second-order valence-corrected chi connectivity index (χ2v) is 13.7. The van der Waals surface area contributed by atoms with Crippen LogP contribution in [0.3, 0.4) is 0 Å². The molecule has 0 spiro atoms. The van der Waals surface area contributed by atoms with Crippen LogP contribution in [0.15, 0.2) is 188 Å². The fourth-order valence-corrected chi connectivity index (χ4v) is 8.05. The van der Waals surface area contributed by atoms with E-state index in [-0.39, 0.29) is 5.41 Å². The summed E-state index contributed by atoms with van der Waals surface area (Å²) in [6.45, 7) is 4.71. The van der Waals surface area contributed by atoms with Gasteiger partial charge in [0.2, 0.25) is 0 Å². The lowest BCUT2D eigenvalue weighted by Gasteiger charge is -2.31. The van der Waals surface area contributed by atoms with Gasteiger partial charge < -0.3 is 4.90 Å². The number of para-hydroxylation sites is 2. The molecular weight excluding hydrogens is 603 g/mol. The first kappa shape index (κ1) is 29.9. The second-order valence-electron chi connectivity index (χ2n) is 13.7. The highest BCUT2D eigenvalue weighted by molar-refractivity contribution is 6.05. The van der Waals surface area contributed by atoms with E-state index in [9.17, 15) is 0 Å². The highest BCUT2D eigenvalue weighted by Gasteiger charge is 2.37. The zero-order valence-electron chi connectivity index (χ0n) is 28.3. The van der Waals surface area contributed by atoms with E-state index in [1.54, 1.807) is 0 Å². The molecule has 0 amide bonds. The van der Waals surface area contributed by atoms with E-state index < -0.39 is 0 Å². The molecule has 0 radical (unpaired) electrons. The Balaban J connectivity index is 1.29. The highest BCUT2D eigenvalue weighted by atomic mass is 15.1. The third-order valence-electron chi connectivity index (χ3n) is 10.5. The van der Waals surface area contributed by atoms with Crippen molar-refractivity contribution in [2.75, 3.05) is 4.90 Å². The first-order chi connectivity index (χ1) is 24.6. The second kappa shape index (κ2) is 12.1. The number of benzene rings is 8. The first-order valence-electron chi connectivity index (χ1n) is 17.5. The van der Waals surface area contributed by atoms with Crippen LogP contribution in [0.4, 0.5) is 17.1 Å². The van der Waals surface area contributed by atoms with Crippen LogP contribution >= 0.6 is 0 Å². The van der Waals surface area contributed by atoms with Gasteiger partial charge in [-0.2, -0.15) is 0 Å². The largest absolute Gasteiger partial charge is 0.309 e. The SMILES string of the molecule is CC1(C)c2ccccc2-c2c(-c3ccccc3N(c3ccccc3-c3ccc(-c4ccccc4)cc3)c3cccc4ccccc34)cccc21. The minimum absolute atomic E-state index is 0.0787. The summed E-state index contributed by atoms with van der Waals surface area (Å²) in [5.74, 6) is 0. The maximum atomic E-state index is 2.49. The van der Waals surface area contributed by atoms with Gasteiger partial charge in [-0.1, -0.05) is 184 Å². The summed E-state index contributed by atoms with van der Waals surface area (Å²) >= 11 is 0. The molecule has 1 nitrogen and oxygen atoms in total. The number of anilines is 3. The Morgan fingerprint density at radius 3 is 1.64 bits per heavy atom. The zero-order valence-corrected chi connectivity index (χ0v) is 28.3. The van der Waals surface area contributed by atoms with Gasteiger partial charge in [0.1, 0.15) is 0 Å². The predicted molar refractivity (Wildman–Crippen MR) is 213 cm³/mol. The van der Waals surface area contributed by atoms with Crippen LogP contribution < -0.4 is 4.90 Å². The lowest BCUT2D eigenvalue weighted by atomic mass is 9.82. The van der Waals surface area contributed by atoms with Crippen LogP contribution in [-0.2, 0) is 5.41 Å². The van der Waals surface area contributed by atoms with Crippen LogP contribution in [0.5, 0.6) is 0 Å². The highest BCUT2D eigenvalue weighted by Crippen LogP contribution is 2.54. The quantitative estimate of drug-likeness (QED) is 0.175. The Morgan fingerprint density at radius 1 is 0.340 bits per heavy atom. The molecule has 1 aliphatic rings. The average Bonchev–Trinajstić information content (AvgIpc) is 3.42.